The molecule has 0 fully saturated rings. The number of aromatic nitrogens is 4. The molecule has 4 N–H and O–H groups in total. The maximum atomic E-state index is 11.3. The van der Waals surface area contributed by atoms with E-state index in [0.717, 1.165) is 0 Å². The molecule has 0 aliphatic heterocycles. The van der Waals surface area contributed by atoms with Gasteiger partial charge >= 0.3 is 11.8 Å². The monoisotopic (exact) mass is 225 g/mol. The van der Waals surface area contributed by atoms with Crippen LogP contribution >= 0.6 is 0 Å². The lowest BCUT2D eigenvalue weighted by Crippen LogP contribution is -2.23. The first-order valence-corrected chi connectivity index (χ1v) is 4.17. The van der Waals surface area contributed by atoms with Crippen molar-refractivity contribution >= 4 is 17.3 Å². The van der Waals surface area contributed by atoms with Crippen LogP contribution in [0.5, 0.6) is 0 Å². The maximum absolute atomic E-state index is 11.3. The van der Waals surface area contributed by atoms with Crippen molar-refractivity contribution in [1.29, 1.82) is 0 Å². The lowest BCUT2D eigenvalue weighted by atomic mass is 10.5. The van der Waals surface area contributed by atoms with Crippen LogP contribution in [-0.4, -0.2) is 25.6 Å². The summed E-state index contributed by atoms with van der Waals surface area (Å²) in [7, 11) is 0. The van der Waals surface area contributed by atoms with E-state index < -0.39 is 17.3 Å². The molecule has 9 nitrogen and oxygen atoms in total. The molecule has 0 aliphatic carbocycles. The van der Waals surface area contributed by atoms with Crippen molar-refractivity contribution in [3.05, 3.63) is 27.2 Å². The smallest absolute Gasteiger partial charge is 0.406 e. The highest BCUT2D eigenvalue weighted by Gasteiger charge is 2.08. The van der Waals surface area contributed by atoms with E-state index in [2.05, 4.69) is 14.7 Å². The summed E-state index contributed by atoms with van der Waals surface area (Å²) in [6.07, 6.45) is 0.285. The molecule has 0 saturated heterocycles. The van der Waals surface area contributed by atoms with Crippen LogP contribution in [0.3, 0.4) is 0 Å². The Morgan fingerprint density at radius 2 is 2.25 bits per heavy atom. The SMILES string of the molecule is NC(=O)OCn1cnc2c(=O)[nH]c(=O)[nH]c21. The lowest BCUT2D eigenvalue weighted by molar-refractivity contribution is 0.125. The van der Waals surface area contributed by atoms with Crippen LogP contribution < -0.4 is 17.0 Å². The van der Waals surface area contributed by atoms with Gasteiger partial charge in [0.2, 0.25) is 0 Å². The Kier molecular flexibility index (Phi) is 2.20. The fourth-order valence-electron chi connectivity index (χ4n) is 1.21. The molecule has 0 aliphatic rings. The zero-order valence-corrected chi connectivity index (χ0v) is 7.89. The van der Waals surface area contributed by atoms with Gasteiger partial charge in [-0.05, 0) is 0 Å². The number of carbonyl (C=O) groups excluding carboxylic acids is 1. The van der Waals surface area contributed by atoms with E-state index in [1.54, 1.807) is 0 Å². The molecular formula is C7H7N5O4. The summed E-state index contributed by atoms with van der Waals surface area (Å²) in [5.41, 5.74) is 3.71. The van der Waals surface area contributed by atoms with Crippen LogP contribution in [0.1, 0.15) is 0 Å². The zero-order valence-electron chi connectivity index (χ0n) is 7.89. The average Bonchev–Trinajstić information content (AvgIpc) is 2.58. The molecule has 2 rings (SSSR count). The van der Waals surface area contributed by atoms with Gasteiger partial charge in [0.25, 0.3) is 5.56 Å². The van der Waals surface area contributed by atoms with Crippen molar-refractivity contribution in [2.45, 2.75) is 6.73 Å². The Hall–Kier alpha value is -2.58. The summed E-state index contributed by atoms with van der Waals surface area (Å²) in [5.74, 6) is 0. The molecule has 0 aromatic carbocycles. The van der Waals surface area contributed by atoms with E-state index in [9.17, 15) is 14.4 Å². The topological polar surface area (TPSA) is 136 Å². The van der Waals surface area contributed by atoms with Gasteiger partial charge in [-0.3, -0.25) is 19.3 Å². The lowest BCUT2D eigenvalue weighted by Gasteiger charge is -2.02. The number of carbonyl (C=O) groups is 1. The summed E-state index contributed by atoms with van der Waals surface area (Å²) in [5, 5.41) is 0. The van der Waals surface area contributed by atoms with Crippen molar-refractivity contribution in [2.24, 2.45) is 5.73 Å². The van der Waals surface area contributed by atoms with Crippen molar-refractivity contribution in [3.63, 3.8) is 0 Å². The highest BCUT2D eigenvalue weighted by molar-refractivity contribution is 5.69. The Labute approximate surface area is 86.9 Å². The minimum Gasteiger partial charge on any atom is -0.428 e. The number of rotatable bonds is 2. The summed E-state index contributed by atoms with van der Waals surface area (Å²) >= 11 is 0. The third-order valence-corrected chi connectivity index (χ3v) is 1.86. The number of aromatic amines is 2. The van der Waals surface area contributed by atoms with Crippen molar-refractivity contribution < 1.29 is 9.53 Å². The molecule has 0 saturated carbocycles. The van der Waals surface area contributed by atoms with E-state index in [4.69, 9.17) is 5.73 Å². The minimum atomic E-state index is -0.964. The second-order valence-electron chi connectivity index (χ2n) is 2.91. The molecule has 9 heteroatoms. The first-order chi connectivity index (χ1) is 7.58. The Morgan fingerprint density at radius 3 is 2.94 bits per heavy atom. The van der Waals surface area contributed by atoms with Crippen LogP contribution in [0.25, 0.3) is 11.2 Å². The minimum absolute atomic E-state index is 0.0488. The maximum Gasteiger partial charge on any atom is 0.406 e. The molecule has 2 heterocycles. The van der Waals surface area contributed by atoms with Gasteiger partial charge in [0.1, 0.15) is 5.65 Å². The van der Waals surface area contributed by atoms with Gasteiger partial charge in [-0.1, -0.05) is 0 Å². The number of nitrogens with two attached hydrogens (primary N) is 1. The Bertz CT molecular complexity index is 651. The Morgan fingerprint density at radius 1 is 1.50 bits per heavy atom. The van der Waals surface area contributed by atoms with E-state index in [-0.39, 0.29) is 17.9 Å². The number of hydrogen-bond acceptors (Lipinski definition) is 5. The summed E-state index contributed by atoms with van der Waals surface area (Å²) in [4.78, 5) is 40.8. The number of hydrogen-bond donors (Lipinski definition) is 3. The number of nitrogens with one attached hydrogen (secondary N) is 2. The van der Waals surface area contributed by atoms with Crippen LogP contribution in [0.15, 0.2) is 15.9 Å². The molecule has 1 amide bonds. The quantitative estimate of drug-likeness (QED) is 0.569. The van der Waals surface area contributed by atoms with Crippen molar-refractivity contribution in [1.82, 2.24) is 19.5 Å². The average molecular weight is 225 g/mol. The molecular weight excluding hydrogens is 218 g/mol. The van der Waals surface area contributed by atoms with Gasteiger partial charge in [0.15, 0.2) is 12.2 Å². The molecule has 84 valence electrons. The second-order valence-corrected chi connectivity index (χ2v) is 2.91. The number of primary amides is 1. The normalized spacial score (nSPS) is 10.5. The van der Waals surface area contributed by atoms with Crippen molar-refractivity contribution in [3.8, 4) is 0 Å². The molecule has 0 bridgehead atoms. The number of nitrogens with zero attached hydrogens (tertiary/aromatic N) is 2. The number of amides is 1. The fourth-order valence-corrected chi connectivity index (χ4v) is 1.21. The van der Waals surface area contributed by atoms with Crippen LogP contribution in [0.2, 0.25) is 0 Å². The van der Waals surface area contributed by atoms with Gasteiger partial charge in [0, 0.05) is 0 Å². The largest absolute Gasteiger partial charge is 0.428 e. The molecule has 0 atom stereocenters. The van der Waals surface area contributed by atoms with Crippen LogP contribution in [0, 0.1) is 0 Å². The predicted molar refractivity (Wildman–Crippen MR) is 51.6 cm³/mol. The first-order valence-electron chi connectivity index (χ1n) is 4.17. The molecule has 2 aromatic heterocycles. The number of ether oxygens (including phenoxy) is 1. The van der Waals surface area contributed by atoms with Gasteiger partial charge in [-0.2, -0.15) is 0 Å². The second kappa shape index (κ2) is 3.53. The molecule has 16 heavy (non-hydrogen) atoms. The third-order valence-electron chi connectivity index (χ3n) is 1.86. The number of imidazole rings is 1. The first kappa shape index (κ1) is 9.96. The van der Waals surface area contributed by atoms with E-state index >= 15 is 0 Å². The van der Waals surface area contributed by atoms with Crippen LogP contribution in [-0.2, 0) is 11.5 Å². The molecule has 2 aromatic rings. The summed E-state index contributed by atoms with van der Waals surface area (Å²) in [6.45, 7) is -0.231. The zero-order chi connectivity index (χ0) is 11.7. The fraction of sp³-hybridized carbons (Fsp3) is 0.143. The van der Waals surface area contributed by atoms with Gasteiger partial charge in [-0.15, -0.1) is 0 Å². The molecule has 0 radical (unpaired) electrons. The number of H-pyrrole nitrogens is 2. The van der Waals surface area contributed by atoms with Crippen LogP contribution in [0.4, 0.5) is 4.79 Å². The number of fused-ring (bicyclic) bond motifs is 1. The summed E-state index contributed by atoms with van der Waals surface area (Å²) < 4.78 is 5.78. The summed E-state index contributed by atoms with van der Waals surface area (Å²) in [6, 6.07) is 0. The van der Waals surface area contributed by atoms with Crippen molar-refractivity contribution in [2.75, 3.05) is 0 Å². The Balaban J connectivity index is 2.52. The molecule has 0 spiro atoms. The van der Waals surface area contributed by atoms with Gasteiger partial charge < -0.3 is 10.5 Å². The van der Waals surface area contributed by atoms with E-state index in [1.807, 2.05) is 4.98 Å². The molecule has 0 unspecified atom stereocenters. The third kappa shape index (κ3) is 1.65. The highest BCUT2D eigenvalue weighted by Crippen LogP contribution is 2.02. The van der Waals surface area contributed by atoms with Gasteiger partial charge in [-0.25, -0.2) is 14.6 Å². The predicted octanol–water partition coefficient (Wildman–Crippen LogP) is -1.53. The standard InChI is InChI=1S/C7H7N5O4/c8-6(14)16-2-12-1-9-3-4(12)10-7(15)11-5(3)13/h1H,2H2,(H2,8,14)(H2,10,11,13,15). The van der Waals surface area contributed by atoms with Gasteiger partial charge in [0.05, 0.1) is 6.33 Å². The highest BCUT2D eigenvalue weighted by atomic mass is 16.6. The van der Waals surface area contributed by atoms with E-state index in [1.165, 1.54) is 10.9 Å². The van der Waals surface area contributed by atoms with E-state index in [0.29, 0.717) is 0 Å².